The topological polar surface area (TPSA) is 87.7 Å². The molecule has 0 heterocycles. The van der Waals surface area contributed by atoms with Gasteiger partial charge in [-0.05, 0) is 82.2 Å². The average Bonchev–Trinajstić information content (AvgIpc) is 2.94. The summed E-state index contributed by atoms with van der Waals surface area (Å²) in [6.07, 6.45) is 6.30. The summed E-state index contributed by atoms with van der Waals surface area (Å²) >= 11 is 0. The van der Waals surface area contributed by atoms with Gasteiger partial charge in [-0.3, -0.25) is 9.59 Å². The molecule has 2 rings (SSSR count). The zero-order valence-electron chi connectivity index (χ0n) is 28.0. The number of nitrogens with one attached hydrogen (secondary N) is 2. The third kappa shape index (κ3) is 11.0. The molecule has 0 saturated heterocycles. The van der Waals surface area contributed by atoms with Gasteiger partial charge in [0.1, 0.15) is 17.7 Å². The van der Waals surface area contributed by atoms with Crippen molar-refractivity contribution in [3.05, 3.63) is 64.7 Å². The molecule has 0 aliphatic heterocycles. The van der Waals surface area contributed by atoms with Gasteiger partial charge in [0.15, 0.2) is 0 Å². The number of anilines is 1. The highest BCUT2D eigenvalue weighted by Gasteiger charge is 2.38. The van der Waals surface area contributed by atoms with Crippen LogP contribution in [0.15, 0.2) is 42.5 Å². The summed E-state index contributed by atoms with van der Waals surface area (Å²) in [7, 11) is 0. The Morgan fingerprint density at radius 2 is 1.49 bits per heavy atom. The fourth-order valence-electron chi connectivity index (χ4n) is 5.16. The Kier molecular flexibility index (Phi) is 14.2. The summed E-state index contributed by atoms with van der Waals surface area (Å²) in [5, 5.41) is 5.99. The van der Waals surface area contributed by atoms with Gasteiger partial charge in [0.05, 0.1) is 0 Å². The molecule has 3 amide bonds. The van der Waals surface area contributed by atoms with Crippen molar-refractivity contribution in [1.29, 1.82) is 0 Å². The molecule has 3 unspecified atom stereocenters. The molecule has 2 N–H and O–H groups in total. The van der Waals surface area contributed by atoms with Crippen LogP contribution in [0.4, 0.5) is 10.5 Å². The van der Waals surface area contributed by atoms with Gasteiger partial charge in [-0.1, -0.05) is 95.7 Å². The second-order valence-electron chi connectivity index (χ2n) is 12.8. The minimum atomic E-state index is -0.880. The standard InChI is InChI=1S/C36H55N3O4/c1-10-12-13-14-15-18-24-39(34(41)31(25(3)11-2)38-35(42)43-36(7,8)9)32(29-22-19-21-26(4)28(29)6)33(40)37-30-23-17-16-20-27(30)5/h16-17,19-23,25,31-32H,10-15,18,24H2,1-9H3,(H,37,40)(H,38,42). The Labute approximate surface area is 260 Å². The van der Waals surface area contributed by atoms with Crippen LogP contribution in [0.1, 0.15) is 115 Å². The lowest BCUT2D eigenvalue weighted by Crippen LogP contribution is -2.55. The van der Waals surface area contributed by atoms with E-state index in [0.717, 1.165) is 54.4 Å². The van der Waals surface area contributed by atoms with Gasteiger partial charge >= 0.3 is 6.09 Å². The zero-order valence-corrected chi connectivity index (χ0v) is 28.0. The first-order chi connectivity index (χ1) is 20.3. The molecular weight excluding hydrogens is 538 g/mol. The molecule has 43 heavy (non-hydrogen) atoms. The number of nitrogens with zero attached hydrogens (tertiary/aromatic N) is 1. The minimum absolute atomic E-state index is 0.175. The summed E-state index contributed by atoms with van der Waals surface area (Å²) in [4.78, 5) is 43.6. The van der Waals surface area contributed by atoms with Crippen LogP contribution in [0.3, 0.4) is 0 Å². The number of aryl methyl sites for hydroxylation is 2. The first-order valence-corrected chi connectivity index (χ1v) is 16.0. The molecule has 7 nitrogen and oxygen atoms in total. The maximum Gasteiger partial charge on any atom is 0.408 e. The van der Waals surface area contributed by atoms with Crippen molar-refractivity contribution in [3.63, 3.8) is 0 Å². The first-order valence-electron chi connectivity index (χ1n) is 16.0. The Balaban J connectivity index is 2.60. The lowest BCUT2D eigenvalue weighted by atomic mass is 9.92. The molecule has 3 atom stereocenters. The monoisotopic (exact) mass is 593 g/mol. The number of hydrogen-bond acceptors (Lipinski definition) is 4. The van der Waals surface area contributed by atoms with Gasteiger partial charge in [-0.2, -0.15) is 0 Å². The second-order valence-corrected chi connectivity index (χ2v) is 12.8. The van der Waals surface area contributed by atoms with E-state index in [1.54, 1.807) is 25.7 Å². The molecule has 0 spiro atoms. The number of carbonyl (C=O) groups excluding carboxylic acids is 3. The molecule has 238 valence electrons. The van der Waals surface area contributed by atoms with Crippen molar-refractivity contribution < 1.29 is 19.1 Å². The maximum absolute atomic E-state index is 14.6. The van der Waals surface area contributed by atoms with Gasteiger partial charge in [0.2, 0.25) is 5.91 Å². The first kappa shape index (κ1) is 35.8. The van der Waals surface area contributed by atoms with Crippen LogP contribution < -0.4 is 10.6 Å². The molecule has 0 bridgehead atoms. The van der Waals surface area contributed by atoms with Crippen LogP contribution >= 0.6 is 0 Å². The lowest BCUT2D eigenvalue weighted by molar-refractivity contribution is -0.142. The van der Waals surface area contributed by atoms with Crippen molar-refractivity contribution in [2.75, 3.05) is 11.9 Å². The van der Waals surface area contributed by atoms with Crippen LogP contribution in [0.5, 0.6) is 0 Å². The predicted molar refractivity (Wildman–Crippen MR) is 176 cm³/mol. The van der Waals surface area contributed by atoms with Crippen LogP contribution in [0.2, 0.25) is 0 Å². The summed E-state index contributed by atoms with van der Waals surface area (Å²) in [6.45, 7) is 17.9. The summed E-state index contributed by atoms with van der Waals surface area (Å²) in [5.41, 5.74) is 3.73. The number of alkyl carbamates (subject to hydrolysis) is 1. The number of carbonyl (C=O) groups is 3. The number of unbranched alkanes of at least 4 members (excludes halogenated alkanes) is 5. The predicted octanol–water partition coefficient (Wildman–Crippen LogP) is 8.42. The third-order valence-corrected chi connectivity index (χ3v) is 8.09. The highest BCUT2D eigenvalue weighted by atomic mass is 16.6. The average molecular weight is 594 g/mol. The molecule has 0 fully saturated rings. The highest BCUT2D eigenvalue weighted by Crippen LogP contribution is 2.30. The van der Waals surface area contributed by atoms with E-state index in [4.69, 9.17) is 4.74 Å². The summed E-state index contributed by atoms with van der Waals surface area (Å²) in [5.74, 6) is -0.729. The van der Waals surface area contributed by atoms with Crippen LogP contribution in [-0.2, 0) is 14.3 Å². The van der Waals surface area contributed by atoms with E-state index in [2.05, 4.69) is 17.6 Å². The molecular formula is C36H55N3O4. The Bertz CT molecular complexity index is 1200. The number of benzene rings is 2. The fraction of sp³-hybridized carbons (Fsp3) is 0.583. The minimum Gasteiger partial charge on any atom is -0.444 e. The van der Waals surface area contributed by atoms with E-state index < -0.39 is 23.8 Å². The smallest absolute Gasteiger partial charge is 0.408 e. The fourth-order valence-corrected chi connectivity index (χ4v) is 5.16. The summed E-state index contributed by atoms with van der Waals surface area (Å²) < 4.78 is 5.55. The maximum atomic E-state index is 14.6. The highest BCUT2D eigenvalue weighted by molar-refractivity contribution is 5.99. The molecule has 0 aliphatic rings. The second kappa shape index (κ2) is 17.1. The van der Waals surface area contributed by atoms with Crippen molar-refractivity contribution >= 4 is 23.6 Å². The number of rotatable bonds is 15. The van der Waals surface area contributed by atoms with Crippen LogP contribution in [0, 0.1) is 26.7 Å². The Morgan fingerprint density at radius 1 is 0.860 bits per heavy atom. The SMILES string of the molecule is CCCCCCCCN(C(=O)C(NC(=O)OC(C)(C)C)C(C)CC)C(C(=O)Nc1ccccc1C)c1cccc(C)c1C. The van der Waals surface area contributed by atoms with Gasteiger partial charge in [0.25, 0.3) is 5.91 Å². The molecule has 0 saturated carbocycles. The van der Waals surface area contributed by atoms with Gasteiger partial charge in [0, 0.05) is 12.2 Å². The Morgan fingerprint density at radius 3 is 2.12 bits per heavy atom. The molecule has 2 aromatic rings. The van der Waals surface area contributed by atoms with E-state index in [1.165, 1.54) is 6.42 Å². The third-order valence-electron chi connectivity index (χ3n) is 8.09. The van der Waals surface area contributed by atoms with E-state index in [9.17, 15) is 14.4 Å². The largest absolute Gasteiger partial charge is 0.444 e. The Hall–Kier alpha value is -3.35. The normalized spacial score (nSPS) is 13.5. The van der Waals surface area contributed by atoms with E-state index >= 15 is 0 Å². The van der Waals surface area contributed by atoms with Crippen molar-refractivity contribution in [3.8, 4) is 0 Å². The van der Waals surface area contributed by atoms with Crippen LogP contribution in [0.25, 0.3) is 0 Å². The molecule has 0 radical (unpaired) electrons. The number of para-hydroxylation sites is 1. The molecule has 2 aromatic carbocycles. The van der Waals surface area contributed by atoms with Crippen molar-refractivity contribution in [2.24, 2.45) is 5.92 Å². The number of ether oxygens (including phenoxy) is 1. The van der Waals surface area contributed by atoms with Crippen LogP contribution in [-0.4, -0.2) is 41.0 Å². The number of hydrogen-bond donors (Lipinski definition) is 2. The van der Waals surface area contributed by atoms with E-state index in [1.807, 2.05) is 77.1 Å². The molecule has 0 aromatic heterocycles. The van der Waals surface area contributed by atoms with E-state index in [0.29, 0.717) is 18.7 Å². The van der Waals surface area contributed by atoms with Gasteiger partial charge in [-0.25, -0.2) is 4.79 Å². The van der Waals surface area contributed by atoms with Crippen molar-refractivity contribution in [2.45, 2.75) is 125 Å². The van der Waals surface area contributed by atoms with Crippen molar-refractivity contribution in [1.82, 2.24) is 10.2 Å². The molecule has 7 heteroatoms. The van der Waals surface area contributed by atoms with Gasteiger partial charge in [-0.15, -0.1) is 0 Å². The summed E-state index contributed by atoms with van der Waals surface area (Å²) in [6, 6.07) is 11.8. The quantitative estimate of drug-likeness (QED) is 0.203. The number of amides is 3. The van der Waals surface area contributed by atoms with E-state index in [-0.39, 0.29) is 17.7 Å². The van der Waals surface area contributed by atoms with Gasteiger partial charge < -0.3 is 20.3 Å². The lowest BCUT2D eigenvalue weighted by Gasteiger charge is -2.37. The zero-order chi connectivity index (χ0) is 32.2. The molecule has 0 aliphatic carbocycles.